The average molecular weight is 356 g/mol. The zero-order valence-electron chi connectivity index (χ0n) is 15.8. The van der Waals surface area contributed by atoms with Crippen LogP contribution >= 0.6 is 0 Å². The Balaban J connectivity index is 1.62. The molecule has 2 heterocycles. The lowest BCUT2D eigenvalue weighted by molar-refractivity contribution is 0.0398. The van der Waals surface area contributed by atoms with E-state index in [1.54, 1.807) is 6.20 Å². The van der Waals surface area contributed by atoms with Gasteiger partial charge in [-0.25, -0.2) is 0 Å². The Bertz CT molecular complexity index is 715. The first-order valence-electron chi connectivity index (χ1n) is 9.23. The highest BCUT2D eigenvalue weighted by Crippen LogP contribution is 2.29. The van der Waals surface area contributed by atoms with E-state index >= 15 is 0 Å². The summed E-state index contributed by atoms with van der Waals surface area (Å²) in [6.07, 6.45) is 1.66. The summed E-state index contributed by atoms with van der Waals surface area (Å²) < 4.78 is 5.37. The van der Waals surface area contributed by atoms with E-state index in [1.807, 2.05) is 0 Å². The Morgan fingerprint density at radius 2 is 2.04 bits per heavy atom. The van der Waals surface area contributed by atoms with Crippen molar-refractivity contribution in [3.63, 3.8) is 0 Å². The number of hydrogen-bond acceptors (Lipinski definition) is 7. The normalized spacial score (nSPS) is 15.2. The molecule has 0 aliphatic carbocycles. The standard InChI is InChI=1S/C19H28N6O/c1-14(2)16-6-4-5-15(3)18(16)22-17-13-21-24-19(23-17)20-7-8-25-9-11-26-12-10-25/h4-6,13-14H,7-12H2,1-3H3,(H2,20,22,23,24). The predicted molar refractivity (Wildman–Crippen MR) is 104 cm³/mol. The number of aromatic nitrogens is 3. The van der Waals surface area contributed by atoms with Crippen molar-refractivity contribution in [1.82, 2.24) is 20.1 Å². The second-order valence-electron chi connectivity index (χ2n) is 6.86. The van der Waals surface area contributed by atoms with Crippen LogP contribution in [-0.4, -0.2) is 59.5 Å². The minimum atomic E-state index is 0.429. The summed E-state index contributed by atoms with van der Waals surface area (Å²) in [5.41, 5.74) is 3.56. The highest BCUT2D eigenvalue weighted by Gasteiger charge is 2.12. The number of benzene rings is 1. The van der Waals surface area contributed by atoms with Crippen molar-refractivity contribution in [3.05, 3.63) is 35.5 Å². The summed E-state index contributed by atoms with van der Waals surface area (Å²) in [5.74, 6) is 1.67. The van der Waals surface area contributed by atoms with Crippen LogP contribution in [0, 0.1) is 6.92 Å². The van der Waals surface area contributed by atoms with Crippen molar-refractivity contribution >= 4 is 17.5 Å². The van der Waals surface area contributed by atoms with Gasteiger partial charge in [-0.2, -0.15) is 10.1 Å². The molecule has 1 fully saturated rings. The van der Waals surface area contributed by atoms with Gasteiger partial charge in [0, 0.05) is 31.9 Å². The molecule has 7 nitrogen and oxygen atoms in total. The number of para-hydroxylation sites is 1. The SMILES string of the molecule is Cc1cccc(C(C)C)c1Nc1cnnc(NCCN2CCOCC2)n1. The summed E-state index contributed by atoms with van der Waals surface area (Å²) in [5, 5.41) is 14.9. The lowest BCUT2D eigenvalue weighted by Crippen LogP contribution is -2.39. The van der Waals surface area contributed by atoms with Crippen LogP contribution in [0.5, 0.6) is 0 Å². The molecule has 1 aliphatic heterocycles. The first kappa shape index (κ1) is 18.5. The summed E-state index contributed by atoms with van der Waals surface area (Å²) >= 11 is 0. The molecule has 3 rings (SSSR count). The fourth-order valence-corrected chi connectivity index (χ4v) is 3.06. The first-order chi connectivity index (χ1) is 12.6. The van der Waals surface area contributed by atoms with Gasteiger partial charge in [-0.15, -0.1) is 5.10 Å². The summed E-state index contributed by atoms with van der Waals surface area (Å²) in [6.45, 7) is 11.8. The quantitative estimate of drug-likeness (QED) is 0.790. The fourth-order valence-electron chi connectivity index (χ4n) is 3.06. The van der Waals surface area contributed by atoms with E-state index in [2.05, 4.69) is 69.7 Å². The van der Waals surface area contributed by atoms with E-state index in [0.717, 1.165) is 45.1 Å². The van der Waals surface area contributed by atoms with Gasteiger partial charge < -0.3 is 15.4 Å². The molecule has 26 heavy (non-hydrogen) atoms. The summed E-state index contributed by atoms with van der Waals surface area (Å²) in [7, 11) is 0. The van der Waals surface area contributed by atoms with Crippen molar-refractivity contribution in [3.8, 4) is 0 Å². The lowest BCUT2D eigenvalue weighted by Gasteiger charge is -2.26. The molecular formula is C19H28N6O. The molecule has 1 aromatic heterocycles. The molecule has 0 saturated carbocycles. The van der Waals surface area contributed by atoms with Crippen molar-refractivity contribution in [1.29, 1.82) is 0 Å². The molecule has 1 saturated heterocycles. The van der Waals surface area contributed by atoms with Crippen LogP contribution in [0.15, 0.2) is 24.4 Å². The van der Waals surface area contributed by atoms with E-state index in [-0.39, 0.29) is 0 Å². The zero-order valence-corrected chi connectivity index (χ0v) is 15.8. The molecule has 0 radical (unpaired) electrons. The number of rotatable bonds is 7. The minimum Gasteiger partial charge on any atom is -0.379 e. The molecule has 1 aromatic carbocycles. The molecule has 0 bridgehead atoms. The van der Waals surface area contributed by atoms with Crippen LogP contribution in [0.2, 0.25) is 0 Å². The van der Waals surface area contributed by atoms with Gasteiger partial charge in [0.1, 0.15) is 0 Å². The molecule has 1 aliphatic rings. The molecular weight excluding hydrogens is 328 g/mol. The van der Waals surface area contributed by atoms with Crippen molar-refractivity contribution in [2.45, 2.75) is 26.7 Å². The van der Waals surface area contributed by atoms with Gasteiger partial charge in [-0.05, 0) is 24.0 Å². The molecule has 2 aromatic rings. The maximum atomic E-state index is 5.37. The second kappa shape index (κ2) is 8.91. The van der Waals surface area contributed by atoms with E-state index in [9.17, 15) is 0 Å². The van der Waals surface area contributed by atoms with Gasteiger partial charge in [0.05, 0.1) is 19.4 Å². The number of ether oxygens (including phenoxy) is 1. The number of nitrogens with one attached hydrogen (secondary N) is 2. The van der Waals surface area contributed by atoms with Gasteiger partial charge in [-0.3, -0.25) is 4.90 Å². The first-order valence-corrected chi connectivity index (χ1v) is 9.23. The van der Waals surface area contributed by atoms with Gasteiger partial charge in [-0.1, -0.05) is 32.0 Å². The van der Waals surface area contributed by atoms with E-state index < -0.39 is 0 Å². The third kappa shape index (κ3) is 4.89. The fraction of sp³-hybridized carbons (Fsp3) is 0.526. The Labute approximate surface area is 155 Å². The molecule has 0 amide bonds. The maximum absolute atomic E-state index is 5.37. The van der Waals surface area contributed by atoms with Crippen LogP contribution in [0.3, 0.4) is 0 Å². The van der Waals surface area contributed by atoms with E-state index in [0.29, 0.717) is 17.7 Å². The van der Waals surface area contributed by atoms with Crippen LogP contribution in [-0.2, 0) is 4.74 Å². The van der Waals surface area contributed by atoms with Crippen LogP contribution in [0.4, 0.5) is 17.5 Å². The Morgan fingerprint density at radius 1 is 1.23 bits per heavy atom. The van der Waals surface area contributed by atoms with Crippen molar-refractivity contribution < 1.29 is 4.74 Å². The number of nitrogens with zero attached hydrogens (tertiary/aromatic N) is 4. The van der Waals surface area contributed by atoms with Gasteiger partial charge in [0.15, 0.2) is 5.82 Å². The molecule has 0 atom stereocenters. The van der Waals surface area contributed by atoms with Gasteiger partial charge in [0.2, 0.25) is 5.95 Å². The number of anilines is 3. The number of hydrogen-bond donors (Lipinski definition) is 2. The molecule has 140 valence electrons. The Morgan fingerprint density at radius 3 is 2.81 bits per heavy atom. The molecule has 0 spiro atoms. The number of morpholine rings is 1. The highest BCUT2D eigenvalue weighted by atomic mass is 16.5. The van der Waals surface area contributed by atoms with Crippen molar-refractivity contribution in [2.75, 3.05) is 50.0 Å². The van der Waals surface area contributed by atoms with E-state index in [1.165, 1.54) is 11.1 Å². The molecule has 7 heteroatoms. The predicted octanol–water partition coefficient (Wildman–Crippen LogP) is 2.79. The smallest absolute Gasteiger partial charge is 0.244 e. The van der Waals surface area contributed by atoms with Crippen molar-refractivity contribution in [2.24, 2.45) is 0 Å². The average Bonchev–Trinajstić information content (AvgIpc) is 2.64. The summed E-state index contributed by atoms with van der Waals surface area (Å²) in [4.78, 5) is 6.92. The van der Waals surface area contributed by atoms with Crippen LogP contribution in [0.1, 0.15) is 30.9 Å². The topological polar surface area (TPSA) is 75.2 Å². The van der Waals surface area contributed by atoms with Gasteiger partial charge in [0.25, 0.3) is 0 Å². The third-order valence-electron chi connectivity index (χ3n) is 4.55. The summed E-state index contributed by atoms with van der Waals surface area (Å²) in [6, 6.07) is 6.34. The van der Waals surface area contributed by atoms with Crippen LogP contribution in [0.25, 0.3) is 0 Å². The minimum absolute atomic E-state index is 0.429. The largest absolute Gasteiger partial charge is 0.379 e. The zero-order chi connectivity index (χ0) is 18.4. The molecule has 2 N–H and O–H groups in total. The Hall–Kier alpha value is -2.25. The van der Waals surface area contributed by atoms with Gasteiger partial charge >= 0.3 is 0 Å². The molecule has 0 unspecified atom stereocenters. The monoisotopic (exact) mass is 356 g/mol. The van der Waals surface area contributed by atoms with E-state index in [4.69, 9.17) is 4.74 Å². The third-order valence-corrected chi connectivity index (χ3v) is 4.55. The lowest BCUT2D eigenvalue weighted by atomic mass is 9.98. The number of aryl methyl sites for hydroxylation is 1. The Kier molecular flexibility index (Phi) is 6.35. The highest BCUT2D eigenvalue weighted by molar-refractivity contribution is 5.65. The maximum Gasteiger partial charge on any atom is 0.244 e. The van der Waals surface area contributed by atoms with Crippen LogP contribution < -0.4 is 10.6 Å². The second-order valence-corrected chi connectivity index (χ2v) is 6.86.